The second-order valence-corrected chi connectivity index (χ2v) is 5.98. The predicted molar refractivity (Wildman–Crippen MR) is 97.6 cm³/mol. The summed E-state index contributed by atoms with van der Waals surface area (Å²) in [4.78, 5) is 0. The van der Waals surface area contributed by atoms with E-state index in [9.17, 15) is 0 Å². The number of hydrogen-bond donors (Lipinski definition) is 1. The van der Waals surface area contributed by atoms with Gasteiger partial charge in [0.2, 0.25) is 0 Å². The Morgan fingerprint density at radius 1 is 0.958 bits per heavy atom. The third-order valence-electron chi connectivity index (χ3n) is 3.84. The van der Waals surface area contributed by atoms with E-state index in [-0.39, 0.29) is 0 Å². The van der Waals surface area contributed by atoms with Crippen LogP contribution in [-0.2, 0) is 13.0 Å². The van der Waals surface area contributed by atoms with Gasteiger partial charge in [-0.05, 0) is 67.1 Å². The van der Waals surface area contributed by atoms with Crippen LogP contribution in [0, 0.1) is 0 Å². The summed E-state index contributed by atoms with van der Waals surface area (Å²) in [6, 6.07) is 19.8. The van der Waals surface area contributed by atoms with Gasteiger partial charge < -0.3 is 14.5 Å². The van der Waals surface area contributed by atoms with Crippen LogP contribution in [0.25, 0.3) is 11.3 Å². The molecule has 0 radical (unpaired) electrons. The molecule has 0 atom stereocenters. The molecule has 124 valence electrons. The van der Waals surface area contributed by atoms with Gasteiger partial charge in [-0.25, -0.2) is 0 Å². The van der Waals surface area contributed by atoms with E-state index < -0.39 is 0 Å². The third kappa shape index (κ3) is 4.40. The molecule has 24 heavy (non-hydrogen) atoms. The monoisotopic (exact) mass is 341 g/mol. The standard InChI is InChI=1S/C20H20ClNO2/c1-23-18-8-2-15(3-9-18)12-13-22-14-19-10-11-20(24-19)16-4-6-17(21)7-5-16/h2-11,22H,12-14H2,1H3. The van der Waals surface area contributed by atoms with Gasteiger partial charge in [0, 0.05) is 10.6 Å². The summed E-state index contributed by atoms with van der Waals surface area (Å²) < 4.78 is 11.0. The molecule has 3 rings (SSSR count). The maximum atomic E-state index is 5.91. The first-order valence-corrected chi connectivity index (χ1v) is 8.31. The van der Waals surface area contributed by atoms with Crippen LogP contribution < -0.4 is 10.1 Å². The van der Waals surface area contributed by atoms with Crippen molar-refractivity contribution in [1.82, 2.24) is 5.32 Å². The van der Waals surface area contributed by atoms with Gasteiger partial charge in [0.05, 0.1) is 13.7 Å². The molecule has 0 spiro atoms. The van der Waals surface area contributed by atoms with Crippen LogP contribution in [0.3, 0.4) is 0 Å². The Balaban J connectivity index is 1.47. The van der Waals surface area contributed by atoms with E-state index in [1.165, 1.54) is 5.56 Å². The molecule has 1 aromatic heterocycles. The van der Waals surface area contributed by atoms with Crippen molar-refractivity contribution in [2.24, 2.45) is 0 Å². The normalized spacial score (nSPS) is 10.8. The second-order valence-electron chi connectivity index (χ2n) is 5.55. The van der Waals surface area contributed by atoms with Crippen LogP contribution in [0.15, 0.2) is 65.1 Å². The van der Waals surface area contributed by atoms with Crippen molar-refractivity contribution in [2.45, 2.75) is 13.0 Å². The van der Waals surface area contributed by atoms with Crippen molar-refractivity contribution >= 4 is 11.6 Å². The number of benzene rings is 2. The lowest BCUT2D eigenvalue weighted by Gasteiger charge is -2.05. The van der Waals surface area contributed by atoms with Gasteiger partial charge in [-0.3, -0.25) is 0 Å². The number of furan rings is 1. The summed E-state index contributed by atoms with van der Waals surface area (Å²) in [5.74, 6) is 2.67. The van der Waals surface area contributed by atoms with E-state index in [2.05, 4.69) is 17.4 Å². The van der Waals surface area contributed by atoms with Crippen LogP contribution >= 0.6 is 11.6 Å². The molecule has 1 heterocycles. The smallest absolute Gasteiger partial charge is 0.134 e. The molecule has 1 N–H and O–H groups in total. The van der Waals surface area contributed by atoms with Gasteiger partial charge in [0.25, 0.3) is 0 Å². The highest BCUT2D eigenvalue weighted by Gasteiger charge is 2.04. The van der Waals surface area contributed by atoms with Crippen LogP contribution in [-0.4, -0.2) is 13.7 Å². The van der Waals surface area contributed by atoms with E-state index in [0.29, 0.717) is 6.54 Å². The number of hydrogen-bond acceptors (Lipinski definition) is 3. The molecule has 0 aliphatic carbocycles. The van der Waals surface area contributed by atoms with Crippen molar-refractivity contribution in [3.05, 3.63) is 77.0 Å². The zero-order chi connectivity index (χ0) is 16.8. The maximum absolute atomic E-state index is 5.91. The van der Waals surface area contributed by atoms with E-state index >= 15 is 0 Å². The van der Waals surface area contributed by atoms with E-state index in [4.69, 9.17) is 20.8 Å². The molecule has 0 bridgehead atoms. The zero-order valence-corrected chi connectivity index (χ0v) is 14.3. The summed E-state index contributed by atoms with van der Waals surface area (Å²) in [6.45, 7) is 1.60. The number of nitrogens with one attached hydrogen (secondary N) is 1. The summed E-state index contributed by atoms with van der Waals surface area (Å²) in [6.07, 6.45) is 0.967. The fourth-order valence-corrected chi connectivity index (χ4v) is 2.60. The van der Waals surface area contributed by atoms with Gasteiger partial charge in [-0.1, -0.05) is 23.7 Å². The topological polar surface area (TPSA) is 34.4 Å². The second kappa shape index (κ2) is 8.04. The minimum Gasteiger partial charge on any atom is -0.497 e. The molecule has 3 nitrogen and oxygen atoms in total. The highest BCUT2D eigenvalue weighted by molar-refractivity contribution is 6.30. The molecule has 4 heteroatoms. The zero-order valence-electron chi connectivity index (χ0n) is 13.6. The Labute approximate surface area is 147 Å². The maximum Gasteiger partial charge on any atom is 0.134 e. The number of halogens is 1. The third-order valence-corrected chi connectivity index (χ3v) is 4.09. The summed E-state index contributed by atoms with van der Waals surface area (Å²) in [5, 5.41) is 4.13. The van der Waals surface area contributed by atoms with E-state index in [1.807, 2.05) is 48.5 Å². The fraction of sp³-hybridized carbons (Fsp3) is 0.200. The van der Waals surface area contributed by atoms with Crippen molar-refractivity contribution in [3.63, 3.8) is 0 Å². The van der Waals surface area contributed by atoms with E-state index in [1.54, 1.807) is 7.11 Å². The lowest BCUT2D eigenvalue weighted by atomic mass is 10.1. The summed E-state index contributed by atoms with van der Waals surface area (Å²) in [5.41, 5.74) is 2.31. The fourth-order valence-electron chi connectivity index (χ4n) is 2.48. The first-order chi connectivity index (χ1) is 11.7. The number of methoxy groups -OCH3 is 1. The van der Waals surface area contributed by atoms with E-state index in [0.717, 1.165) is 40.8 Å². The Morgan fingerprint density at radius 3 is 2.42 bits per heavy atom. The minimum atomic E-state index is 0.712. The van der Waals surface area contributed by atoms with Gasteiger partial charge in [-0.15, -0.1) is 0 Å². The van der Waals surface area contributed by atoms with Gasteiger partial charge >= 0.3 is 0 Å². The van der Waals surface area contributed by atoms with Crippen LogP contribution in [0.2, 0.25) is 5.02 Å². The van der Waals surface area contributed by atoms with Gasteiger partial charge in [0.15, 0.2) is 0 Å². The number of ether oxygens (including phenoxy) is 1. The van der Waals surface area contributed by atoms with Crippen molar-refractivity contribution in [1.29, 1.82) is 0 Å². The summed E-state index contributed by atoms with van der Waals surface area (Å²) in [7, 11) is 1.68. The van der Waals surface area contributed by atoms with Crippen LogP contribution in [0.1, 0.15) is 11.3 Å². The average Bonchev–Trinajstić information content (AvgIpc) is 3.09. The van der Waals surface area contributed by atoms with Crippen LogP contribution in [0.5, 0.6) is 5.75 Å². The highest BCUT2D eigenvalue weighted by Crippen LogP contribution is 2.23. The molecule has 0 amide bonds. The van der Waals surface area contributed by atoms with Gasteiger partial charge in [-0.2, -0.15) is 0 Å². The molecule has 0 saturated heterocycles. The van der Waals surface area contributed by atoms with Crippen molar-refractivity contribution < 1.29 is 9.15 Å². The SMILES string of the molecule is COc1ccc(CCNCc2ccc(-c3ccc(Cl)cc3)o2)cc1. The molecule has 3 aromatic rings. The largest absolute Gasteiger partial charge is 0.497 e. The van der Waals surface area contributed by atoms with Crippen molar-refractivity contribution in [3.8, 4) is 17.1 Å². The molecule has 0 fully saturated rings. The minimum absolute atomic E-state index is 0.712. The summed E-state index contributed by atoms with van der Waals surface area (Å²) >= 11 is 5.91. The van der Waals surface area contributed by atoms with Gasteiger partial charge in [0.1, 0.15) is 17.3 Å². The molecular formula is C20H20ClNO2. The van der Waals surface area contributed by atoms with Crippen LogP contribution in [0.4, 0.5) is 0 Å². The first-order valence-electron chi connectivity index (χ1n) is 7.93. The Kier molecular flexibility index (Phi) is 5.57. The molecular weight excluding hydrogens is 322 g/mol. The predicted octanol–water partition coefficient (Wildman–Crippen LogP) is 4.94. The molecule has 0 aliphatic rings. The Morgan fingerprint density at radius 2 is 1.71 bits per heavy atom. The molecule has 0 aliphatic heterocycles. The lowest BCUT2D eigenvalue weighted by Crippen LogP contribution is -2.16. The first kappa shape index (κ1) is 16.6. The van der Waals surface area contributed by atoms with Crippen molar-refractivity contribution in [2.75, 3.05) is 13.7 Å². The number of rotatable bonds is 7. The Bertz CT molecular complexity index is 763. The average molecular weight is 342 g/mol. The lowest BCUT2D eigenvalue weighted by molar-refractivity contribution is 0.414. The molecule has 0 saturated carbocycles. The molecule has 2 aromatic carbocycles. The molecule has 0 unspecified atom stereocenters. The quantitative estimate of drug-likeness (QED) is 0.618. The highest BCUT2D eigenvalue weighted by atomic mass is 35.5. The Hall–Kier alpha value is -2.23.